The minimum atomic E-state index is -0.568. The Balaban J connectivity index is 1.53. The van der Waals surface area contributed by atoms with E-state index in [4.69, 9.17) is 9.47 Å². The Morgan fingerprint density at radius 3 is 1.29 bits per heavy atom. The predicted molar refractivity (Wildman–Crippen MR) is 117 cm³/mol. The van der Waals surface area contributed by atoms with Gasteiger partial charge in [0.05, 0.1) is 13.2 Å². The standard InChI is InChI=1S/C23H26N2O6/c1-16(26)18-6-10-20(11-7-18)24-22(28)30-14-4-3-5-15-31-23(29)25-21-12-8-19(9-13-21)17(2)27/h6-13H,3-5,14-15H2,1-2H3,(H,24,28)(H,25,29). The quantitative estimate of drug-likeness (QED) is 0.406. The van der Waals surface area contributed by atoms with Crippen LogP contribution in [-0.4, -0.2) is 37.0 Å². The van der Waals surface area contributed by atoms with E-state index in [1.54, 1.807) is 48.5 Å². The van der Waals surface area contributed by atoms with Crippen LogP contribution in [0.5, 0.6) is 0 Å². The molecule has 0 bridgehead atoms. The van der Waals surface area contributed by atoms with E-state index in [2.05, 4.69) is 10.6 Å². The summed E-state index contributed by atoms with van der Waals surface area (Å²) in [6, 6.07) is 13.1. The highest BCUT2D eigenvalue weighted by Crippen LogP contribution is 2.12. The van der Waals surface area contributed by atoms with Crippen LogP contribution >= 0.6 is 0 Å². The maximum absolute atomic E-state index is 11.7. The number of carbonyl (C=O) groups is 4. The number of anilines is 2. The number of unbranched alkanes of at least 4 members (excludes halogenated alkanes) is 2. The Bertz CT molecular complexity index is 831. The SMILES string of the molecule is CC(=O)c1ccc(NC(=O)OCCCCCOC(=O)Nc2ccc(C(C)=O)cc2)cc1. The first-order chi connectivity index (χ1) is 14.8. The zero-order chi connectivity index (χ0) is 22.6. The smallest absolute Gasteiger partial charge is 0.411 e. The van der Waals surface area contributed by atoms with E-state index in [1.807, 2.05) is 0 Å². The van der Waals surface area contributed by atoms with Gasteiger partial charge < -0.3 is 9.47 Å². The fraction of sp³-hybridized carbons (Fsp3) is 0.304. The summed E-state index contributed by atoms with van der Waals surface area (Å²) >= 11 is 0. The number of amides is 2. The first-order valence-electron chi connectivity index (χ1n) is 9.94. The molecule has 0 aliphatic rings. The van der Waals surface area contributed by atoms with Gasteiger partial charge in [-0.15, -0.1) is 0 Å². The topological polar surface area (TPSA) is 111 Å². The van der Waals surface area contributed by atoms with Crippen molar-refractivity contribution in [3.05, 3.63) is 59.7 Å². The van der Waals surface area contributed by atoms with E-state index in [1.165, 1.54) is 13.8 Å². The van der Waals surface area contributed by atoms with Crippen molar-refractivity contribution in [2.75, 3.05) is 23.8 Å². The highest BCUT2D eigenvalue weighted by molar-refractivity contribution is 5.95. The summed E-state index contributed by atoms with van der Waals surface area (Å²) in [5, 5.41) is 5.18. The molecule has 2 aromatic carbocycles. The number of nitrogens with one attached hydrogen (secondary N) is 2. The normalized spacial score (nSPS) is 10.1. The number of hydrogen-bond donors (Lipinski definition) is 2. The lowest BCUT2D eigenvalue weighted by molar-refractivity contribution is 0.100. The van der Waals surface area contributed by atoms with Gasteiger partial charge in [0.2, 0.25) is 0 Å². The fourth-order valence-electron chi connectivity index (χ4n) is 2.60. The summed E-state index contributed by atoms with van der Waals surface area (Å²) in [6.45, 7) is 3.44. The van der Waals surface area contributed by atoms with Gasteiger partial charge in [0.25, 0.3) is 0 Å². The van der Waals surface area contributed by atoms with E-state index in [9.17, 15) is 19.2 Å². The third-order valence-electron chi connectivity index (χ3n) is 4.33. The lowest BCUT2D eigenvalue weighted by Gasteiger charge is -2.08. The Morgan fingerprint density at radius 1 is 0.613 bits per heavy atom. The third-order valence-corrected chi connectivity index (χ3v) is 4.33. The van der Waals surface area contributed by atoms with Crippen molar-refractivity contribution in [3.8, 4) is 0 Å². The largest absolute Gasteiger partial charge is 0.449 e. The maximum atomic E-state index is 11.7. The lowest BCUT2D eigenvalue weighted by Crippen LogP contribution is -2.15. The molecule has 0 radical (unpaired) electrons. The van der Waals surface area contributed by atoms with Crippen molar-refractivity contribution in [2.45, 2.75) is 33.1 Å². The molecule has 164 valence electrons. The van der Waals surface area contributed by atoms with E-state index in [0.717, 1.165) is 6.42 Å². The second-order valence-electron chi connectivity index (χ2n) is 6.85. The number of hydrogen-bond acceptors (Lipinski definition) is 6. The molecular weight excluding hydrogens is 400 g/mol. The molecule has 0 saturated heterocycles. The first-order valence-corrected chi connectivity index (χ1v) is 9.94. The van der Waals surface area contributed by atoms with Crippen molar-refractivity contribution in [1.82, 2.24) is 0 Å². The maximum Gasteiger partial charge on any atom is 0.411 e. The van der Waals surface area contributed by atoms with Crippen molar-refractivity contribution in [1.29, 1.82) is 0 Å². The predicted octanol–water partition coefficient (Wildman–Crippen LogP) is 5.06. The summed E-state index contributed by atoms with van der Waals surface area (Å²) in [5.41, 5.74) is 2.23. The van der Waals surface area contributed by atoms with Crippen molar-refractivity contribution in [2.24, 2.45) is 0 Å². The molecule has 2 aromatic rings. The number of ether oxygens (including phenoxy) is 2. The van der Waals surface area contributed by atoms with Crippen LogP contribution in [0, 0.1) is 0 Å². The molecule has 31 heavy (non-hydrogen) atoms. The van der Waals surface area contributed by atoms with Crippen LogP contribution in [0.3, 0.4) is 0 Å². The second-order valence-corrected chi connectivity index (χ2v) is 6.85. The summed E-state index contributed by atoms with van der Waals surface area (Å²) in [4.78, 5) is 45.9. The molecule has 0 fully saturated rings. The van der Waals surface area contributed by atoms with E-state index < -0.39 is 12.2 Å². The molecule has 2 amide bonds. The van der Waals surface area contributed by atoms with Crippen LogP contribution < -0.4 is 10.6 Å². The van der Waals surface area contributed by atoms with Gasteiger partial charge in [-0.05, 0) is 81.6 Å². The first kappa shape index (κ1) is 23.6. The van der Waals surface area contributed by atoms with Gasteiger partial charge in [-0.25, -0.2) is 9.59 Å². The molecule has 0 aromatic heterocycles. The Labute approximate surface area is 180 Å². The molecule has 0 spiro atoms. The molecule has 0 unspecified atom stereocenters. The van der Waals surface area contributed by atoms with Gasteiger partial charge in [0.15, 0.2) is 11.6 Å². The Hall–Kier alpha value is -3.68. The summed E-state index contributed by atoms with van der Waals surface area (Å²) in [6.07, 6.45) is 0.854. The number of ketones is 2. The molecule has 0 saturated carbocycles. The highest BCUT2D eigenvalue weighted by Gasteiger charge is 2.06. The monoisotopic (exact) mass is 426 g/mol. The molecule has 8 nitrogen and oxygen atoms in total. The Kier molecular flexibility index (Phi) is 9.22. The van der Waals surface area contributed by atoms with Gasteiger partial charge in [-0.1, -0.05) is 0 Å². The fourth-order valence-corrected chi connectivity index (χ4v) is 2.60. The second kappa shape index (κ2) is 12.1. The van der Waals surface area contributed by atoms with Crippen LogP contribution in [0.25, 0.3) is 0 Å². The average Bonchev–Trinajstić information content (AvgIpc) is 2.73. The zero-order valence-electron chi connectivity index (χ0n) is 17.6. The van der Waals surface area contributed by atoms with Gasteiger partial charge in [0, 0.05) is 22.5 Å². The van der Waals surface area contributed by atoms with Gasteiger partial charge in [-0.3, -0.25) is 20.2 Å². The highest BCUT2D eigenvalue weighted by atomic mass is 16.6. The van der Waals surface area contributed by atoms with Crippen LogP contribution in [0.15, 0.2) is 48.5 Å². The molecule has 2 N–H and O–H groups in total. The van der Waals surface area contributed by atoms with Crippen LogP contribution in [0.1, 0.15) is 53.8 Å². The van der Waals surface area contributed by atoms with E-state index >= 15 is 0 Å². The average molecular weight is 426 g/mol. The van der Waals surface area contributed by atoms with E-state index in [-0.39, 0.29) is 24.8 Å². The molecule has 0 aliphatic carbocycles. The third kappa shape index (κ3) is 8.69. The minimum Gasteiger partial charge on any atom is -0.449 e. The van der Waals surface area contributed by atoms with Crippen LogP contribution in [0.4, 0.5) is 21.0 Å². The molecular formula is C23H26N2O6. The summed E-state index contributed by atoms with van der Waals surface area (Å²) in [5.74, 6) is -0.0854. The zero-order valence-corrected chi connectivity index (χ0v) is 17.6. The number of Topliss-reactive ketones (excluding diaryl/α,β-unsaturated/α-hetero) is 2. The molecule has 0 heterocycles. The molecule has 0 atom stereocenters. The summed E-state index contributed by atoms with van der Waals surface area (Å²) in [7, 11) is 0. The molecule has 0 aliphatic heterocycles. The Morgan fingerprint density at radius 2 is 0.968 bits per heavy atom. The number of benzene rings is 2. The van der Waals surface area contributed by atoms with Crippen LogP contribution in [0.2, 0.25) is 0 Å². The van der Waals surface area contributed by atoms with E-state index in [0.29, 0.717) is 35.3 Å². The molecule has 2 rings (SSSR count). The molecule has 8 heteroatoms. The number of carbonyl (C=O) groups excluding carboxylic acids is 4. The van der Waals surface area contributed by atoms with Crippen LogP contribution in [-0.2, 0) is 9.47 Å². The van der Waals surface area contributed by atoms with Crippen molar-refractivity contribution in [3.63, 3.8) is 0 Å². The van der Waals surface area contributed by atoms with Crippen molar-refractivity contribution >= 4 is 35.1 Å². The summed E-state index contributed by atoms with van der Waals surface area (Å²) < 4.78 is 10.2. The lowest BCUT2D eigenvalue weighted by atomic mass is 10.1. The van der Waals surface area contributed by atoms with Gasteiger partial charge >= 0.3 is 12.2 Å². The van der Waals surface area contributed by atoms with Gasteiger partial charge in [0.1, 0.15) is 0 Å². The van der Waals surface area contributed by atoms with Gasteiger partial charge in [-0.2, -0.15) is 0 Å². The van der Waals surface area contributed by atoms with Crippen molar-refractivity contribution < 1.29 is 28.7 Å². The minimum absolute atomic E-state index is 0.0427. The number of rotatable bonds is 10.